The number of nitrogens with zero attached hydrogens (tertiary/aromatic N) is 1. The van der Waals surface area contributed by atoms with Crippen LogP contribution in [0.15, 0.2) is 18.2 Å². The van der Waals surface area contributed by atoms with Crippen molar-refractivity contribution in [1.82, 2.24) is 4.90 Å². The minimum atomic E-state index is -0.550. The molecule has 0 radical (unpaired) electrons. The Balaban J connectivity index is 2.36. The second kappa shape index (κ2) is 6.68. The van der Waals surface area contributed by atoms with E-state index in [-0.39, 0.29) is 18.7 Å². The van der Waals surface area contributed by atoms with Gasteiger partial charge in [-0.2, -0.15) is 0 Å². The molecule has 2 unspecified atom stereocenters. The van der Waals surface area contributed by atoms with Crippen molar-refractivity contribution >= 4 is 11.9 Å². The lowest BCUT2D eigenvalue weighted by Gasteiger charge is -2.33. The van der Waals surface area contributed by atoms with Gasteiger partial charge in [0.1, 0.15) is 6.10 Å². The van der Waals surface area contributed by atoms with Gasteiger partial charge in [-0.1, -0.05) is 13.0 Å². The Hall–Kier alpha value is -2.24. The van der Waals surface area contributed by atoms with E-state index in [1.54, 1.807) is 24.1 Å². The van der Waals surface area contributed by atoms with Crippen molar-refractivity contribution in [3.05, 3.63) is 23.8 Å². The molecule has 2 rings (SSSR count). The highest BCUT2D eigenvalue weighted by molar-refractivity contribution is 5.73. The third-order valence-corrected chi connectivity index (χ3v) is 3.78. The molecular formula is C16H21NO5. The van der Waals surface area contributed by atoms with Gasteiger partial charge >= 0.3 is 5.97 Å². The normalized spacial score (nSPS) is 15.1. The van der Waals surface area contributed by atoms with E-state index in [1.807, 2.05) is 13.0 Å². The van der Waals surface area contributed by atoms with Crippen molar-refractivity contribution in [3.63, 3.8) is 0 Å². The summed E-state index contributed by atoms with van der Waals surface area (Å²) in [5.74, 6) is 0.816. The molecule has 6 nitrogen and oxygen atoms in total. The highest BCUT2D eigenvalue weighted by Crippen LogP contribution is 2.37. The van der Waals surface area contributed by atoms with Crippen LogP contribution >= 0.6 is 0 Å². The molecule has 120 valence electrons. The zero-order valence-corrected chi connectivity index (χ0v) is 13.3. The van der Waals surface area contributed by atoms with Crippen molar-refractivity contribution in [2.24, 2.45) is 0 Å². The van der Waals surface area contributed by atoms with Crippen molar-refractivity contribution in [3.8, 4) is 11.5 Å². The molecular weight excluding hydrogens is 286 g/mol. The summed E-state index contributed by atoms with van der Waals surface area (Å²) in [7, 11) is 1.71. The number of carbonyl (C=O) groups is 2. The molecule has 1 aliphatic heterocycles. The maximum absolute atomic E-state index is 11.7. The number of esters is 1. The predicted octanol–water partition coefficient (Wildman–Crippen LogP) is 2.28. The Labute approximate surface area is 129 Å². The van der Waals surface area contributed by atoms with Gasteiger partial charge in [0, 0.05) is 20.9 Å². The third-order valence-electron chi connectivity index (χ3n) is 3.78. The maximum Gasteiger partial charge on any atom is 0.303 e. The van der Waals surface area contributed by atoms with Crippen LogP contribution in [0.25, 0.3) is 0 Å². The van der Waals surface area contributed by atoms with Crippen LogP contribution in [0.4, 0.5) is 0 Å². The Bertz CT molecular complexity index is 572. The van der Waals surface area contributed by atoms with E-state index in [0.717, 1.165) is 5.56 Å². The van der Waals surface area contributed by atoms with Crippen LogP contribution in [0.2, 0.25) is 0 Å². The van der Waals surface area contributed by atoms with Gasteiger partial charge < -0.3 is 19.1 Å². The molecule has 1 aliphatic rings. The zero-order chi connectivity index (χ0) is 16.3. The molecule has 1 heterocycles. The van der Waals surface area contributed by atoms with Crippen LogP contribution in [-0.4, -0.2) is 36.7 Å². The van der Waals surface area contributed by atoms with E-state index in [0.29, 0.717) is 17.9 Å². The Morgan fingerprint density at radius 2 is 1.95 bits per heavy atom. The summed E-state index contributed by atoms with van der Waals surface area (Å²) in [4.78, 5) is 24.8. The van der Waals surface area contributed by atoms with Crippen molar-refractivity contribution in [2.75, 3.05) is 13.8 Å². The summed E-state index contributed by atoms with van der Waals surface area (Å²) in [6, 6.07) is 5.17. The van der Waals surface area contributed by atoms with Gasteiger partial charge in [0.05, 0.1) is 6.04 Å². The smallest absolute Gasteiger partial charge is 0.303 e. The van der Waals surface area contributed by atoms with Gasteiger partial charge in [-0.15, -0.1) is 0 Å². The molecule has 0 spiro atoms. The fourth-order valence-corrected chi connectivity index (χ4v) is 2.56. The largest absolute Gasteiger partial charge is 0.455 e. The summed E-state index contributed by atoms with van der Waals surface area (Å²) in [5, 5.41) is 0. The monoisotopic (exact) mass is 307 g/mol. The molecule has 0 saturated heterocycles. The Morgan fingerprint density at radius 1 is 1.27 bits per heavy atom. The molecule has 0 fully saturated rings. The zero-order valence-electron chi connectivity index (χ0n) is 13.3. The number of ether oxygens (including phenoxy) is 3. The summed E-state index contributed by atoms with van der Waals surface area (Å²) in [6.07, 6.45) is 0.105. The van der Waals surface area contributed by atoms with Crippen LogP contribution in [-0.2, 0) is 14.3 Å². The number of likely N-dealkylation sites (N-methyl/N-ethyl adjacent to an activating group) is 1. The van der Waals surface area contributed by atoms with Gasteiger partial charge in [0.25, 0.3) is 0 Å². The molecule has 0 saturated carbocycles. The molecule has 0 aromatic heterocycles. The van der Waals surface area contributed by atoms with Gasteiger partial charge in [-0.25, -0.2) is 0 Å². The van der Waals surface area contributed by atoms with Gasteiger partial charge in [0.15, 0.2) is 11.5 Å². The number of hydrogen-bond donors (Lipinski definition) is 0. The third kappa shape index (κ3) is 3.32. The number of amides is 1. The minimum Gasteiger partial charge on any atom is -0.455 e. The fraction of sp³-hybridized carbons (Fsp3) is 0.500. The lowest BCUT2D eigenvalue weighted by molar-refractivity contribution is -0.153. The van der Waals surface area contributed by atoms with Gasteiger partial charge in [-0.3, -0.25) is 9.59 Å². The maximum atomic E-state index is 11.7. The first-order valence-corrected chi connectivity index (χ1v) is 7.24. The number of benzene rings is 1. The van der Waals surface area contributed by atoms with Gasteiger partial charge in [0.2, 0.25) is 12.7 Å². The molecule has 22 heavy (non-hydrogen) atoms. The highest BCUT2D eigenvalue weighted by atomic mass is 16.7. The average Bonchev–Trinajstić information content (AvgIpc) is 2.93. The van der Waals surface area contributed by atoms with Crippen LogP contribution in [0.1, 0.15) is 38.9 Å². The second-order valence-electron chi connectivity index (χ2n) is 5.25. The average molecular weight is 307 g/mol. The Kier molecular flexibility index (Phi) is 4.90. The second-order valence-corrected chi connectivity index (χ2v) is 5.25. The topological polar surface area (TPSA) is 65.1 Å². The lowest BCUT2D eigenvalue weighted by atomic mass is 9.98. The Morgan fingerprint density at radius 3 is 2.55 bits per heavy atom. The van der Waals surface area contributed by atoms with E-state index >= 15 is 0 Å². The minimum absolute atomic E-state index is 0.0789. The number of hydrogen-bond acceptors (Lipinski definition) is 5. The predicted molar refractivity (Wildman–Crippen MR) is 79.6 cm³/mol. The molecule has 0 bridgehead atoms. The fourth-order valence-electron chi connectivity index (χ4n) is 2.56. The standard InChI is InChI=1S/C16H21NO5/c1-5-13(17(4)10(2)18)16(22-11(3)19)12-6-7-14-15(8-12)21-9-20-14/h6-8,13,16H,5,9H2,1-4H3. The molecule has 0 aliphatic carbocycles. The summed E-state index contributed by atoms with van der Waals surface area (Å²) in [5.41, 5.74) is 0.777. The van der Waals surface area contributed by atoms with Crippen molar-refractivity contribution in [1.29, 1.82) is 0 Å². The van der Waals surface area contributed by atoms with Crippen LogP contribution < -0.4 is 9.47 Å². The van der Waals surface area contributed by atoms with E-state index in [9.17, 15) is 9.59 Å². The molecule has 1 aromatic rings. The first kappa shape index (κ1) is 16.1. The highest BCUT2D eigenvalue weighted by Gasteiger charge is 2.30. The van der Waals surface area contributed by atoms with E-state index in [2.05, 4.69) is 0 Å². The van der Waals surface area contributed by atoms with E-state index in [1.165, 1.54) is 13.8 Å². The van der Waals surface area contributed by atoms with Gasteiger partial charge in [-0.05, 0) is 24.1 Å². The molecule has 2 atom stereocenters. The number of carbonyl (C=O) groups excluding carboxylic acids is 2. The summed E-state index contributed by atoms with van der Waals surface area (Å²) >= 11 is 0. The molecule has 6 heteroatoms. The lowest BCUT2D eigenvalue weighted by Crippen LogP contribution is -2.40. The van der Waals surface area contributed by atoms with Crippen LogP contribution in [0.3, 0.4) is 0 Å². The first-order chi connectivity index (χ1) is 10.4. The molecule has 1 aromatic carbocycles. The van der Waals surface area contributed by atoms with Crippen LogP contribution in [0, 0.1) is 0 Å². The number of fused-ring (bicyclic) bond motifs is 1. The van der Waals surface area contributed by atoms with Crippen molar-refractivity contribution < 1.29 is 23.8 Å². The van der Waals surface area contributed by atoms with Crippen LogP contribution in [0.5, 0.6) is 11.5 Å². The first-order valence-electron chi connectivity index (χ1n) is 7.24. The summed E-state index contributed by atoms with van der Waals surface area (Å²) < 4.78 is 16.2. The summed E-state index contributed by atoms with van der Waals surface area (Å²) in [6.45, 7) is 4.99. The van der Waals surface area contributed by atoms with E-state index in [4.69, 9.17) is 14.2 Å². The van der Waals surface area contributed by atoms with E-state index < -0.39 is 12.1 Å². The SMILES string of the molecule is CCC(C(OC(C)=O)c1ccc2c(c1)OCO2)N(C)C(C)=O. The molecule has 1 amide bonds. The number of rotatable bonds is 5. The van der Waals surface area contributed by atoms with Crippen molar-refractivity contribution in [2.45, 2.75) is 39.3 Å². The quantitative estimate of drug-likeness (QED) is 0.781. The molecule has 0 N–H and O–H groups in total.